The van der Waals surface area contributed by atoms with Gasteiger partial charge in [0.15, 0.2) is 0 Å². The van der Waals surface area contributed by atoms with Crippen molar-refractivity contribution in [1.82, 2.24) is 5.32 Å². The summed E-state index contributed by atoms with van der Waals surface area (Å²) in [5.74, 6) is -0.130. The number of aryl methyl sites for hydroxylation is 2. The molecule has 0 aromatic heterocycles. The second-order valence-corrected chi connectivity index (χ2v) is 5.24. The third-order valence-electron chi connectivity index (χ3n) is 3.18. The van der Waals surface area contributed by atoms with Crippen molar-refractivity contribution >= 4 is 5.91 Å². The first-order chi connectivity index (χ1) is 8.91. The van der Waals surface area contributed by atoms with Gasteiger partial charge in [-0.2, -0.15) is 0 Å². The van der Waals surface area contributed by atoms with E-state index in [0.29, 0.717) is 18.6 Å². The quantitative estimate of drug-likeness (QED) is 0.825. The molecule has 1 rings (SSSR count). The highest BCUT2D eigenvalue weighted by Gasteiger charge is 2.26. The summed E-state index contributed by atoms with van der Waals surface area (Å²) in [5, 5.41) is 12.1. The highest BCUT2D eigenvalue weighted by molar-refractivity contribution is 5.96. The number of aliphatic hydroxyl groups excluding tert-OH is 1. The highest BCUT2D eigenvalue weighted by Crippen LogP contribution is 2.15. The highest BCUT2D eigenvalue weighted by atomic mass is 16.5. The fraction of sp³-hybridized carbons (Fsp3) is 0.533. The zero-order chi connectivity index (χ0) is 14.5. The van der Waals surface area contributed by atoms with Gasteiger partial charge in [-0.25, -0.2) is 0 Å². The largest absolute Gasteiger partial charge is 0.396 e. The van der Waals surface area contributed by atoms with Crippen LogP contribution in [0.25, 0.3) is 0 Å². The summed E-state index contributed by atoms with van der Waals surface area (Å²) in [5.41, 5.74) is 2.09. The van der Waals surface area contributed by atoms with E-state index in [1.54, 1.807) is 7.11 Å². The van der Waals surface area contributed by atoms with Gasteiger partial charge >= 0.3 is 0 Å². The van der Waals surface area contributed by atoms with Gasteiger partial charge in [-0.1, -0.05) is 17.7 Å². The Balaban J connectivity index is 2.90. The molecule has 1 unspecified atom stereocenters. The number of ether oxygens (including phenoxy) is 1. The number of amides is 1. The normalized spacial score (nSPS) is 13.9. The first kappa shape index (κ1) is 15.7. The average molecular weight is 265 g/mol. The number of nitrogens with one attached hydrogen (secondary N) is 1. The van der Waals surface area contributed by atoms with E-state index in [0.717, 1.165) is 11.1 Å². The Labute approximate surface area is 114 Å². The number of carbonyl (C=O) groups is 1. The lowest BCUT2D eigenvalue weighted by Crippen LogP contribution is -2.50. The monoisotopic (exact) mass is 265 g/mol. The van der Waals surface area contributed by atoms with Crippen LogP contribution in [-0.4, -0.2) is 36.9 Å². The van der Waals surface area contributed by atoms with Crippen molar-refractivity contribution in [2.24, 2.45) is 0 Å². The lowest BCUT2D eigenvalue weighted by molar-refractivity contribution is 0.0725. The molecule has 4 nitrogen and oxygen atoms in total. The Morgan fingerprint density at radius 1 is 1.42 bits per heavy atom. The minimum absolute atomic E-state index is 0.00688. The van der Waals surface area contributed by atoms with Gasteiger partial charge in [0.2, 0.25) is 0 Å². The van der Waals surface area contributed by atoms with Crippen LogP contribution in [-0.2, 0) is 4.74 Å². The van der Waals surface area contributed by atoms with Crippen LogP contribution in [0.3, 0.4) is 0 Å². The Bertz CT molecular complexity index is 437. The molecule has 106 valence electrons. The minimum atomic E-state index is -0.559. The van der Waals surface area contributed by atoms with Crippen LogP contribution < -0.4 is 5.32 Å². The molecule has 2 N–H and O–H groups in total. The maximum Gasteiger partial charge on any atom is 0.252 e. The van der Waals surface area contributed by atoms with E-state index in [-0.39, 0.29) is 12.5 Å². The SMILES string of the molecule is COCC(C)(CCO)NC(=O)c1cc(C)ccc1C. The van der Waals surface area contributed by atoms with Crippen LogP contribution in [0.5, 0.6) is 0 Å². The second-order valence-electron chi connectivity index (χ2n) is 5.24. The van der Waals surface area contributed by atoms with Crippen molar-refractivity contribution in [3.63, 3.8) is 0 Å². The van der Waals surface area contributed by atoms with E-state index in [1.807, 2.05) is 39.0 Å². The molecule has 19 heavy (non-hydrogen) atoms. The molecule has 1 amide bonds. The lowest BCUT2D eigenvalue weighted by atomic mass is 9.97. The van der Waals surface area contributed by atoms with Crippen molar-refractivity contribution in [2.75, 3.05) is 20.3 Å². The van der Waals surface area contributed by atoms with Gasteiger partial charge in [0, 0.05) is 19.3 Å². The van der Waals surface area contributed by atoms with Gasteiger partial charge < -0.3 is 15.2 Å². The zero-order valence-electron chi connectivity index (χ0n) is 12.1. The van der Waals surface area contributed by atoms with Gasteiger partial charge in [-0.3, -0.25) is 4.79 Å². The first-order valence-electron chi connectivity index (χ1n) is 6.41. The number of carbonyl (C=O) groups excluding carboxylic acids is 1. The summed E-state index contributed by atoms with van der Waals surface area (Å²) in [4.78, 5) is 12.3. The number of benzene rings is 1. The molecule has 1 aromatic carbocycles. The number of hydrogen-bond donors (Lipinski definition) is 2. The number of rotatable bonds is 6. The summed E-state index contributed by atoms with van der Waals surface area (Å²) in [7, 11) is 1.58. The maximum absolute atomic E-state index is 12.3. The molecule has 0 bridgehead atoms. The summed E-state index contributed by atoms with van der Waals surface area (Å²) < 4.78 is 5.12. The van der Waals surface area contributed by atoms with E-state index < -0.39 is 5.54 Å². The molecule has 0 aliphatic heterocycles. The van der Waals surface area contributed by atoms with E-state index in [9.17, 15) is 4.79 Å². The van der Waals surface area contributed by atoms with Crippen LogP contribution >= 0.6 is 0 Å². The molecule has 0 fully saturated rings. The van der Waals surface area contributed by atoms with Crippen molar-refractivity contribution < 1.29 is 14.6 Å². The van der Waals surface area contributed by atoms with Crippen LogP contribution in [0.15, 0.2) is 18.2 Å². The maximum atomic E-state index is 12.3. The van der Waals surface area contributed by atoms with Gasteiger partial charge in [0.1, 0.15) is 0 Å². The third-order valence-corrected chi connectivity index (χ3v) is 3.18. The standard InChI is InChI=1S/C15H23NO3/c1-11-5-6-12(2)13(9-11)14(18)16-15(3,7-8-17)10-19-4/h5-6,9,17H,7-8,10H2,1-4H3,(H,16,18). The first-order valence-corrected chi connectivity index (χ1v) is 6.41. The molecule has 0 aliphatic rings. The summed E-state index contributed by atoms with van der Waals surface area (Å²) in [6.45, 7) is 6.11. The molecule has 0 radical (unpaired) electrons. The van der Waals surface area contributed by atoms with E-state index >= 15 is 0 Å². The van der Waals surface area contributed by atoms with Gasteiger partial charge in [-0.15, -0.1) is 0 Å². The third kappa shape index (κ3) is 4.33. The lowest BCUT2D eigenvalue weighted by Gasteiger charge is -2.29. The molecular formula is C15H23NO3. The van der Waals surface area contributed by atoms with Crippen molar-refractivity contribution in [1.29, 1.82) is 0 Å². The molecule has 0 spiro atoms. The summed E-state index contributed by atoms with van der Waals surface area (Å²) >= 11 is 0. The molecular weight excluding hydrogens is 242 g/mol. The predicted molar refractivity (Wildman–Crippen MR) is 75.4 cm³/mol. The molecule has 0 saturated carbocycles. The minimum Gasteiger partial charge on any atom is -0.396 e. The van der Waals surface area contributed by atoms with Gasteiger partial charge in [0.25, 0.3) is 5.91 Å². The second kappa shape index (κ2) is 6.68. The summed E-state index contributed by atoms with van der Waals surface area (Å²) in [6, 6.07) is 5.79. The fourth-order valence-corrected chi connectivity index (χ4v) is 2.06. The molecule has 4 heteroatoms. The van der Waals surface area contributed by atoms with Crippen molar-refractivity contribution in [3.8, 4) is 0 Å². The topological polar surface area (TPSA) is 58.6 Å². The zero-order valence-corrected chi connectivity index (χ0v) is 12.1. The molecule has 0 heterocycles. The van der Waals surface area contributed by atoms with E-state index in [1.165, 1.54) is 0 Å². The van der Waals surface area contributed by atoms with Crippen LogP contribution in [0.1, 0.15) is 34.8 Å². The van der Waals surface area contributed by atoms with Crippen molar-refractivity contribution in [2.45, 2.75) is 32.7 Å². The molecule has 0 aliphatic carbocycles. The number of methoxy groups -OCH3 is 1. The molecule has 1 aromatic rings. The van der Waals surface area contributed by atoms with Crippen LogP contribution in [0, 0.1) is 13.8 Å². The summed E-state index contributed by atoms with van der Waals surface area (Å²) in [6.07, 6.45) is 0.456. The number of hydrogen-bond acceptors (Lipinski definition) is 3. The Morgan fingerprint density at radius 2 is 2.11 bits per heavy atom. The Hall–Kier alpha value is -1.39. The number of aliphatic hydroxyl groups is 1. The van der Waals surface area contributed by atoms with Crippen LogP contribution in [0.4, 0.5) is 0 Å². The van der Waals surface area contributed by atoms with Gasteiger partial charge in [-0.05, 0) is 38.8 Å². The molecule has 1 atom stereocenters. The Morgan fingerprint density at radius 3 is 2.68 bits per heavy atom. The molecule has 0 saturated heterocycles. The Kier molecular flexibility index (Phi) is 5.51. The van der Waals surface area contributed by atoms with E-state index in [4.69, 9.17) is 9.84 Å². The van der Waals surface area contributed by atoms with Crippen molar-refractivity contribution in [3.05, 3.63) is 34.9 Å². The smallest absolute Gasteiger partial charge is 0.252 e. The van der Waals surface area contributed by atoms with Crippen LogP contribution in [0.2, 0.25) is 0 Å². The predicted octanol–water partition coefficient (Wildman–Crippen LogP) is 1.82. The fourth-order valence-electron chi connectivity index (χ4n) is 2.06. The average Bonchev–Trinajstić information content (AvgIpc) is 2.32. The van der Waals surface area contributed by atoms with E-state index in [2.05, 4.69) is 5.32 Å². The van der Waals surface area contributed by atoms with Gasteiger partial charge in [0.05, 0.1) is 12.1 Å².